The molecule has 0 aromatic carbocycles. The lowest BCUT2D eigenvalue weighted by molar-refractivity contribution is -0.131. The zero-order chi connectivity index (χ0) is 13.1. The third-order valence-corrected chi connectivity index (χ3v) is 4.14. The predicted molar refractivity (Wildman–Crippen MR) is 72.9 cm³/mol. The molecule has 0 unspecified atom stereocenters. The standard InChI is InChI=1S/C10H12BrN3O3S/c11-7-5-14(10(17)12-9(7)16)6-8(15)13-1-3-18-4-2-13/h5H,1-4,6H2,(H,12,16,17). The summed E-state index contributed by atoms with van der Waals surface area (Å²) in [5, 5.41) is 0. The summed E-state index contributed by atoms with van der Waals surface area (Å²) in [5.41, 5.74) is -1.05. The van der Waals surface area contributed by atoms with Crippen molar-refractivity contribution < 1.29 is 4.79 Å². The molecule has 2 rings (SSSR count). The number of carbonyl (C=O) groups excluding carboxylic acids is 1. The van der Waals surface area contributed by atoms with Gasteiger partial charge in [0.2, 0.25) is 5.91 Å². The molecule has 1 saturated heterocycles. The molecule has 2 heterocycles. The highest BCUT2D eigenvalue weighted by atomic mass is 79.9. The Balaban J connectivity index is 2.13. The average molecular weight is 334 g/mol. The number of carbonyl (C=O) groups is 1. The van der Waals surface area contributed by atoms with Gasteiger partial charge in [-0.3, -0.25) is 19.1 Å². The van der Waals surface area contributed by atoms with Gasteiger partial charge in [0.25, 0.3) is 5.56 Å². The number of hydrogen-bond donors (Lipinski definition) is 1. The number of aromatic amines is 1. The molecular formula is C10H12BrN3O3S. The lowest BCUT2D eigenvalue weighted by Crippen LogP contribution is -2.42. The zero-order valence-electron chi connectivity index (χ0n) is 9.52. The van der Waals surface area contributed by atoms with Crippen LogP contribution in [-0.2, 0) is 11.3 Å². The van der Waals surface area contributed by atoms with Gasteiger partial charge in [-0.2, -0.15) is 11.8 Å². The van der Waals surface area contributed by atoms with Gasteiger partial charge in [-0.05, 0) is 15.9 Å². The molecule has 1 aromatic heterocycles. The molecule has 0 aliphatic carbocycles. The number of hydrogen-bond acceptors (Lipinski definition) is 4. The van der Waals surface area contributed by atoms with Gasteiger partial charge in [0, 0.05) is 30.8 Å². The summed E-state index contributed by atoms with van der Waals surface area (Å²) in [4.78, 5) is 38.5. The molecule has 0 spiro atoms. The molecule has 6 nitrogen and oxygen atoms in total. The number of H-pyrrole nitrogens is 1. The Bertz CT molecular complexity index is 562. The van der Waals surface area contributed by atoms with E-state index in [0.717, 1.165) is 11.5 Å². The Kier molecular flexibility index (Phi) is 4.28. The second-order valence-electron chi connectivity index (χ2n) is 3.86. The second-order valence-corrected chi connectivity index (χ2v) is 5.94. The number of halogens is 1. The Morgan fingerprint density at radius 1 is 1.39 bits per heavy atom. The first-order valence-electron chi connectivity index (χ1n) is 5.43. The van der Waals surface area contributed by atoms with Crippen LogP contribution in [-0.4, -0.2) is 45.0 Å². The van der Waals surface area contributed by atoms with Crippen LogP contribution in [0.5, 0.6) is 0 Å². The van der Waals surface area contributed by atoms with Gasteiger partial charge in [-0.15, -0.1) is 0 Å². The summed E-state index contributed by atoms with van der Waals surface area (Å²) in [6.07, 6.45) is 1.35. The minimum atomic E-state index is -0.567. The van der Waals surface area contributed by atoms with Crippen molar-refractivity contribution in [1.82, 2.24) is 14.5 Å². The molecular weight excluding hydrogens is 322 g/mol. The summed E-state index contributed by atoms with van der Waals surface area (Å²) in [7, 11) is 0. The van der Waals surface area contributed by atoms with E-state index in [1.807, 2.05) is 11.8 Å². The molecule has 18 heavy (non-hydrogen) atoms. The van der Waals surface area contributed by atoms with E-state index in [0.29, 0.717) is 13.1 Å². The van der Waals surface area contributed by atoms with Crippen molar-refractivity contribution in [2.75, 3.05) is 24.6 Å². The third kappa shape index (κ3) is 3.05. The maximum absolute atomic E-state index is 12.0. The van der Waals surface area contributed by atoms with Crippen molar-refractivity contribution in [3.63, 3.8) is 0 Å². The molecule has 8 heteroatoms. The van der Waals surface area contributed by atoms with Crippen LogP contribution in [0.4, 0.5) is 0 Å². The smallest absolute Gasteiger partial charge is 0.328 e. The maximum atomic E-state index is 12.0. The highest BCUT2D eigenvalue weighted by molar-refractivity contribution is 9.10. The molecule has 1 amide bonds. The molecule has 1 N–H and O–H groups in total. The molecule has 1 aliphatic rings. The lowest BCUT2D eigenvalue weighted by atomic mass is 10.4. The van der Waals surface area contributed by atoms with Gasteiger partial charge in [0.15, 0.2) is 0 Å². The number of rotatable bonds is 2. The third-order valence-electron chi connectivity index (χ3n) is 2.64. The number of nitrogens with one attached hydrogen (secondary N) is 1. The second kappa shape index (κ2) is 5.75. The first-order chi connectivity index (χ1) is 8.58. The molecule has 0 bridgehead atoms. The average Bonchev–Trinajstić information content (AvgIpc) is 2.37. The van der Waals surface area contributed by atoms with Crippen LogP contribution < -0.4 is 11.2 Å². The van der Waals surface area contributed by atoms with Crippen molar-refractivity contribution >= 4 is 33.6 Å². The molecule has 98 valence electrons. The van der Waals surface area contributed by atoms with Crippen LogP contribution in [0.3, 0.4) is 0 Å². The fourth-order valence-corrected chi connectivity index (χ4v) is 2.91. The summed E-state index contributed by atoms with van der Waals surface area (Å²) < 4.78 is 1.44. The van der Waals surface area contributed by atoms with E-state index in [1.54, 1.807) is 4.90 Å². The Morgan fingerprint density at radius 2 is 2.06 bits per heavy atom. The number of aromatic nitrogens is 2. The maximum Gasteiger partial charge on any atom is 0.328 e. The summed E-state index contributed by atoms with van der Waals surface area (Å²) >= 11 is 4.85. The van der Waals surface area contributed by atoms with Crippen LogP contribution in [0.25, 0.3) is 0 Å². The molecule has 1 aromatic rings. The number of nitrogens with zero attached hydrogens (tertiary/aromatic N) is 2. The fraction of sp³-hybridized carbons (Fsp3) is 0.500. The van der Waals surface area contributed by atoms with Gasteiger partial charge >= 0.3 is 5.69 Å². The number of amides is 1. The van der Waals surface area contributed by atoms with E-state index in [9.17, 15) is 14.4 Å². The minimum Gasteiger partial charge on any atom is -0.339 e. The molecule has 0 saturated carbocycles. The van der Waals surface area contributed by atoms with E-state index >= 15 is 0 Å². The van der Waals surface area contributed by atoms with E-state index in [4.69, 9.17) is 0 Å². The highest BCUT2D eigenvalue weighted by Crippen LogP contribution is 2.09. The molecule has 1 aliphatic heterocycles. The Labute approximate surface area is 115 Å². The largest absolute Gasteiger partial charge is 0.339 e. The monoisotopic (exact) mass is 333 g/mol. The first kappa shape index (κ1) is 13.4. The fourth-order valence-electron chi connectivity index (χ4n) is 1.66. The van der Waals surface area contributed by atoms with Crippen LogP contribution in [0.1, 0.15) is 0 Å². The number of thioether (sulfide) groups is 1. The van der Waals surface area contributed by atoms with Crippen LogP contribution in [0.15, 0.2) is 20.3 Å². The van der Waals surface area contributed by atoms with E-state index in [1.165, 1.54) is 10.8 Å². The zero-order valence-corrected chi connectivity index (χ0v) is 11.9. The van der Waals surface area contributed by atoms with E-state index in [-0.39, 0.29) is 16.9 Å². The SMILES string of the molecule is O=C(Cn1cc(Br)c(=O)[nH]c1=O)N1CCSCC1. The van der Waals surface area contributed by atoms with Gasteiger partial charge in [-0.25, -0.2) is 4.79 Å². The summed E-state index contributed by atoms with van der Waals surface area (Å²) in [6, 6.07) is 0. The van der Waals surface area contributed by atoms with Crippen LogP contribution in [0, 0.1) is 0 Å². The quantitative estimate of drug-likeness (QED) is 0.818. The first-order valence-corrected chi connectivity index (χ1v) is 7.37. The van der Waals surface area contributed by atoms with Gasteiger partial charge in [-0.1, -0.05) is 0 Å². The van der Waals surface area contributed by atoms with Crippen molar-refractivity contribution in [3.05, 3.63) is 31.5 Å². The van der Waals surface area contributed by atoms with E-state index in [2.05, 4.69) is 20.9 Å². The van der Waals surface area contributed by atoms with Crippen molar-refractivity contribution in [2.45, 2.75) is 6.54 Å². The van der Waals surface area contributed by atoms with Gasteiger partial charge in [0.05, 0.1) is 4.47 Å². The predicted octanol–water partition coefficient (Wildman–Crippen LogP) is -0.125. The van der Waals surface area contributed by atoms with Crippen LogP contribution >= 0.6 is 27.7 Å². The van der Waals surface area contributed by atoms with Crippen LogP contribution in [0.2, 0.25) is 0 Å². The highest BCUT2D eigenvalue weighted by Gasteiger charge is 2.17. The van der Waals surface area contributed by atoms with Crippen molar-refractivity contribution in [3.8, 4) is 0 Å². The van der Waals surface area contributed by atoms with Crippen molar-refractivity contribution in [2.24, 2.45) is 0 Å². The molecule has 1 fully saturated rings. The topological polar surface area (TPSA) is 75.2 Å². The molecule has 0 radical (unpaired) electrons. The Hall–Kier alpha value is -1.02. The van der Waals surface area contributed by atoms with Gasteiger partial charge in [0.1, 0.15) is 6.54 Å². The molecule has 0 atom stereocenters. The lowest BCUT2D eigenvalue weighted by Gasteiger charge is -2.26. The van der Waals surface area contributed by atoms with E-state index < -0.39 is 11.2 Å². The van der Waals surface area contributed by atoms with Crippen molar-refractivity contribution in [1.29, 1.82) is 0 Å². The summed E-state index contributed by atoms with van der Waals surface area (Å²) in [6.45, 7) is 1.38. The normalized spacial score (nSPS) is 15.7. The Morgan fingerprint density at radius 3 is 2.72 bits per heavy atom. The minimum absolute atomic E-state index is 0.0428. The van der Waals surface area contributed by atoms with Gasteiger partial charge < -0.3 is 4.90 Å². The summed E-state index contributed by atoms with van der Waals surface area (Å²) in [5.74, 6) is 1.75.